The van der Waals surface area contributed by atoms with Crippen LogP contribution in [0.1, 0.15) is 25.0 Å². The predicted octanol–water partition coefficient (Wildman–Crippen LogP) is 16.2. The van der Waals surface area contributed by atoms with Gasteiger partial charge in [-0.15, -0.1) is 0 Å². The van der Waals surface area contributed by atoms with E-state index in [1.54, 1.807) is 0 Å². The smallest absolute Gasteiger partial charge is 0.136 e. The van der Waals surface area contributed by atoms with Gasteiger partial charge in [0.2, 0.25) is 0 Å². The fraction of sp³-hybridized carbons (Fsp3) is 0.0526. The van der Waals surface area contributed by atoms with Crippen molar-refractivity contribution >= 4 is 71.3 Å². The van der Waals surface area contributed by atoms with E-state index < -0.39 is 0 Å². The summed E-state index contributed by atoms with van der Waals surface area (Å²) in [6.45, 7) is 4.72. The van der Waals surface area contributed by atoms with E-state index in [4.69, 9.17) is 4.42 Å². The zero-order valence-corrected chi connectivity index (χ0v) is 32.9. The van der Waals surface area contributed by atoms with Gasteiger partial charge in [-0.1, -0.05) is 159 Å². The van der Waals surface area contributed by atoms with Gasteiger partial charge in [-0.2, -0.15) is 0 Å². The molecule has 0 radical (unpaired) electrons. The lowest BCUT2D eigenvalue weighted by molar-refractivity contribution is 0.660. The van der Waals surface area contributed by atoms with Crippen LogP contribution in [0.4, 0.5) is 17.1 Å². The van der Waals surface area contributed by atoms with Crippen LogP contribution in [0.5, 0.6) is 0 Å². The van der Waals surface area contributed by atoms with Crippen LogP contribution in [0, 0.1) is 0 Å². The van der Waals surface area contributed by atoms with Crippen LogP contribution in [0.25, 0.3) is 87.6 Å². The van der Waals surface area contributed by atoms with Crippen molar-refractivity contribution in [2.75, 3.05) is 4.90 Å². The Morgan fingerprint density at radius 1 is 0.390 bits per heavy atom. The molecule has 11 aromatic rings. The second-order valence-electron chi connectivity index (χ2n) is 16.5. The summed E-state index contributed by atoms with van der Waals surface area (Å²) in [5.41, 5.74) is 14.9. The number of furan rings is 1. The van der Waals surface area contributed by atoms with E-state index in [1.165, 1.54) is 71.3 Å². The van der Waals surface area contributed by atoms with Crippen LogP contribution < -0.4 is 4.90 Å². The number of fused-ring (bicyclic) bond motifs is 10. The molecule has 2 nitrogen and oxygen atoms in total. The molecule has 0 bridgehead atoms. The topological polar surface area (TPSA) is 16.4 Å². The molecule has 10 aromatic carbocycles. The number of hydrogen-bond acceptors (Lipinski definition) is 2. The maximum absolute atomic E-state index is 6.66. The Hall–Kier alpha value is -7.42. The number of anilines is 3. The second kappa shape index (κ2) is 12.8. The first-order valence-electron chi connectivity index (χ1n) is 20.5. The largest absolute Gasteiger partial charge is 0.456 e. The molecule has 0 spiro atoms. The van der Waals surface area contributed by atoms with Gasteiger partial charge in [0, 0.05) is 33.1 Å². The van der Waals surface area contributed by atoms with E-state index in [1.807, 2.05) is 0 Å². The SMILES string of the molecule is CC1(C)c2ccccc2-c2ccc(N(c3ccc(-c4ccc5ccccc5c4)cc3)c3ccc4oc5ccccc5c4c3-c3cc4ccccc4c4ccccc34)cc21. The highest BCUT2D eigenvalue weighted by atomic mass is 16.3. The molecule has 0 saturated heterocycles. The Balaban J connectivity index is 1.15. The third-order valence-electron chi connectivity index (χ3n) is 12.8. The van der Waals surface area contributed by atoms with Crippen LogP contribution in [0.2, 0.25) is 0 Å². The zero-order valence-electron chi connectivity index (χ0n) is 32.9. The lowest BCUT2D eigenvalue weighted by atomic mass is 9.82. The molecular formula is C57H39NO. The Morgan fingerprint density at radius 2 is 1.03 bits per heavy atom. The van der Waals surface area contributed by atoms with Crippen molar-refractivity contribution in [1.82, 2.24) is 0 Å². The quantitative estimate of drug-likeness (QED) is 0.163. The third-order valence-corrected chi connectivity index (χ3v) is 12.8. The number of rotatable bonds is 5. The van der Waals surface area contributed by atoms with Crippen LogP contribution in [-0.4, -0.2) is 0 Å². The van der Waals surface area contributed by atoms with Gasteiger partial charge in [0.15, 0.2) is 0 Å². The number of para-hydroxylation sites is 1. The highest BCUT2D eigenvalue weighted by Gasteiger charge is 2.36. The molecule has 0 saturated carbocycles. The van der Waals surface area contributed by atoms with Crippen molar-refractivity contribution < 1.29 is 4.42 Å². The minimum atomic E-state index is -0.157. The van der Waals surface area contributed by atoms with Gasteiger partial charge in [0.25, 0.3) is 0 Å². The minimum Gasteiger partial charge on any atom is -0.456 e. The van der Waals surface area contributed by atoms with Crippen LogP contribution in [0.3, 0.4) is 0 Å². The third kappa shape index (κ3) is 5.13. The Bertz CT molecular complexity index is 3480. The summed E-state index contributed by atoms with van der Waals surface area (Å²) >= 11 is 0. The van der Waals surface area contributed by atoms with E-state index >= 15 is 0 Å². The van der Waals surface area contributed by atoms with Gasteiger partial charge in [0.05, 0.1) is 5.69 Å². The maximum Gasteiger partial charge on any atom is 0.136 e. The summed E-state index contributed by atoms with van der Waals surface area (Å²) in [4.78, 5) is 2.48. The number of hydrogen-bond donors (Lipinski definition) is 0. The molecule has 0 unspecified atom stereocenters. The highest BCUT2D eigenvalue weighted by Crippen LogP contribution is 2.53. The fourth-order valence-electron chi connectivity index (χ4n) is 9.96. The summed E-state index contributed by atoms with van der Waals surface area (Å²) in [7, 11) is 0. The maximum atomic E-state index is 6.66. The average Bonchev–Trinajstić information content (AvgIpc) is 3.78. The van der Waals surface area contributed by atoms with Gasteiger partial charge >= 0.3 is 0 Å². The summed E-state index contributed by atoms with van der Waals surface area (Å²) in [5, 5.41) is 9.61. The summed E-state index contributed by atoms with van der Waals surface area (Å²) in [6, 6.07) is 73.3. The summed E-state index contributed by atoms with van der Waals surface area (Å²) < 4.78 is 6.66. The highest BCUT2D eigenvalue weighted by molar-refractivity contribution is 6.22. The van der Waals surface area contributed by atoms with E-state index in [-0.39, 0.29) is 5.41 Å². The second-order valence-corrected chi connectivity index (χ2v) is 16.5. The van der Waals surface area contributed by atoms with Crippen LogP contribution >= 0.6 is 0 Å². The molecule has 2 heteroatoms. The fourth-order valence-corrected chi connectivity index (χ4v) is 9.96. The van der Waals surface area contributed by atoms with E-state index in [0.717, 1.165) is 44.6 Å². The van der Waals surface area contributed by atoms with Gasteiger partial charge in [-0.25, -0.2) is 0 Å². The average molecular weight is 754 g/mol. The van der Waals surface area contributed by atoms with E-state index in [9.17, 15) is 0 Å². The molecule has 0 amide bonds. The normalized spacial score (nSPS) is 13.1. The van der Waals surface area contributed by atoms with Crippen LogP contribution in [-0.2, 0) is 5.41 Å². The van der Waals surface area contributed by atoms with Crippen molar-refractivity contribution in [2.24, 2.45) is 0 Å². The van der Waals surface area contributed by atoms with E-state index in [2.05, 4.69) is 219 Å². The lowest BCUT2D eigenvalue weighted by Gasteiger charge is -2.30. The summed E-state index contributed by atoms with van der Waals surface area (Å²) in [5.74, 6) is 0. The minimum absolute atomic E-state index is 0.157. The van der Waals surface area contributed by atoms with Crippen molar-refractivity contribution in [2.45, 2.75) is 19.3 Å². The van der Waals surface area contributed by atoms with Crippen LogP contribution in [0.15, 0.2) is 205 Å². The number of benzene rings is 10. The molecule has 1 aromatic heterocycles. The van der Waals surface area contributed by atoms with Gasteiger partial charge < -0.3 is 9.32 Å². The predicted molar refractivity (Wildman–Crippen MR) is 249 cm³/mol. The monoisotopic (exact) mass is 753 g/mol. The molecule has 1 aliphatic carbocycles. The Kier molecular flexibility index (Phi) is 7.31. The molecule has 59 heavy (non-hydrogen) atoms. The molecule has 1 heterocycles. The van der Waals surface area contributed by atoms with Gasteiger partial charge in [-0.05, 0) is 126 Å². The van der Waals surface area contributed by atoms with Crippen molar-refractivity contribution in [3.8, 4) is 33.4 Å². The van der Waals surface area contributed by atoms with Gasteiger partial charge in [0.1, 0.15) is 11.2 Å². The molecule has 0 N–H and O–H groups in total. The number of nitrogens with zero attached hydrogens (tertiary/aromatic N) is 1. The molecule has 1 aliphatic rings. The first-order valence-corrected chi connectivity index (χ1v) is 20.5. The first kappa shape index (κ1) is 33.7. The van der Waals surface area contributed by atoms with Crippen molar-refractivity contribution in [3.05, 3.63) is 211 Å². The molecule has 12 rings (SSSR count). The van der Waals surface area contributed by atoms with Crippen molar-refractivity contribution in [1.29, 1.82) is 0 Å². The summed E-state index contributed by atoms with van der Waals surface area (Å²) in [6.07, 6.45) is 0. The molecule has 0 fully saturated rings. The molecule has 278 valence electrons. The van der Waals surface area contributed by atoms with Crippen molar-refractivity contribution in [3.63, 3.8) is 0 Å². The first-order chi connectivity index (χ1) is 29.0. The molecular weight excluding hydrogens is 715 g/mol. The zero-order chi connectivity index (χ0) is 39.2. The van der Waals surface area contributed by atoms with Gasteiger partial charge in [-0.3, -0.25) is 0 Å². The Labute approximate surface area is 343 Å². The molecule has 0 aliphatic heterocycles. The standard InChI is InChI=1S/C57H39NO/c1-57(2)50-21-11-9-19-46(50)47-30-29-42(35-51(47)57)58(41-27-25-37(26-28-41)39-24-23-36-13-3-4-14-38(36)33-39)52-31-32-54-56(48-20-10-12-22-53(48)59-54)55(52)49-34-40-15-5-6-16-43(40)44-17-7-8-18-45(44)49/h3-35H,1-2H3. The lowest BCUT2D eigenvalue weighted by Crippen LogP contribution is -2.17. The molecule has 0 atom stereocenters. The Morgan fingerprint density at radius 3 is 1.88 bits per heavy atom. The van der Waals surface area contributed by atoms with E-state index in [0.29, 0.717) is 0 Å².